The molecule has 0 fully saturated rings. The highest BCUT2D eigenvalue weighted by Crippen LogP contribution is 2.31. The van der Waals surface area contributed by atoms with Crippen molar-refractivity contribution >= 4 is 5.97 Å². The summed E-state index contributed by atoms with van der Waals surface area (Å²) in [6, 6.07) is 1.23. The van der Waals surface area contributed by atoms with Crippen LogP contribution in [0.25, 0.3) is 0 Å². The molecule has 0 aliphatic heterocycles. The van der Waals surface area contributed by atoms with Gasteiger partial charge in [-0.3, -0.25) is 4.79 Å². The smallest absolute Gasteiger partial charge is 0.481 e. The Bertz CT molecular complexity index is 459. The zero-order valence-electron chi connectivity index (χ0n) is 9.54. The van der Waals surface area contributed by atoms with Crippen LogP contribution in [0.3, 0.4) is 0 Å². The number of hydrogen-bond acceptors (Lipinski definition) is 4. The zero-order chi connectivity index (χ0) is 13.9. The number of carboxylic acids is 1. The van der Waals surface area contributed by atoms with Gasteiger partial charge >= 0.3 is 12.3 Å². The molecule has 1 aromatic heterocycles. The molecule has 8 heteroatoms. The molecule has 100 valence electrons. The van der Waals surface area contributed by atoms with E-state index in [1.165, 1.54) is 20.1 Å². The molecule has 1 aromatic rings. The second-order valence-electron chi connectivity index (χ2n) is 3.38. The van der Waals surface area contributed by atoms with Crippen molar-refractivity contribution in [3.8, 4) is 11.6 Å². The van der Waals surface area contributed by atoms with Gasteiger partial charge in [0.1, 0.15) is 0 Å². The molecule has 0 bridgehead atoms. The van der Waals surface area contributed by atoms with Crippen LogP contribution in [0.5, 0.6) is 11.6 Å². The predicted molar refractivity (Wildman–Crippen MR) is 53.5 cm³/mol. The van der Waals surface area contributed by atoms with Crippen LogP contribution < -0.4 is 9.47 Å². The first-order valence-corrected chi connectivity index (χ1v) is 4.75. The lowest BCUT2D eigenvalue weighted by Crippen LogP contribution is -2.20. The number of halogens is 3. The molecule has 0 spiro atoms. The average Bonchev–Trinajstić information content (AvgIpc) is 2.20. The highest BCUT2D eigenvalue weighted by Gasteiger charge is 2.33. The molecule has 0 aromatic carbocycles. The van der Waals surface area contributed by atoms with Crippen molar-refractivity contribution < 1.29 is 32.5 Å². The topological polar surface area (TPSA) is 68.7 Å². The molecule has 0 atom stereocenters. The number of ether oxygens (including phenoxy) is 2. The first kappa shape index (κ1) is 14.1. The summed E-state index contributed by atoms with van der Waals surface area (Å²) in [4.78, 5) is 14.2. The van der Waals surface area contributed by atoms with Crippen LogP contribution in [0, 0.1) is 6.92 Å². The van der Waals surface area contributed by atoms with E-state index in [2.05, 4.69) is 9.72 Å². The van der Waals surface area contributed by atoms with Crippen LogP contribution >= 0.6 is 0 Å². The molecule has 0 unspecified atom stereocenters. The van der Waals surface area contributed by atoms with Crippen molar-refractivity contribution in [2.45, 2.75) is 19.7 Å². The number of methoxy groups -OCH3 is 1. The highest BCUT2D eigenvalue weighted by molar-refractivity contribution is 5.71. The SMILES string of the molecule is COc1cc(C)c(OC(F)(F)F)c(CC(=O)O)n1. The third-order valence-electron chi connectivity index (χ3n) is 1.95. The Kier molecular flexibility index (Phi) is 4.00. The molecular weight excluding hydrogens is 255 g/mol. The lowest BCUT2D eigenvalue weighted by Gasteiger charge is -2.15. The normalized spacial score (nSPS) is 11.2. The van der Waals surface area contributed by atoms with Crippen LogP contribution in [0.2, 0.25) is 0 Å². The Morgan fingerprint density at radius 2 is 2.11 bits per heavy atom. The van der Waals surface area contributed by atoms with Crippen LogP contribution in [-0.2, 0) is 11.2 Å². The number of nitrogens with zero attached hydrogens (tertiary/aromatic N) is 1. The fourth-order valence-electron chi connectivity index (χ4n) is 1.32. The van der Waals surface area contributed by atoms with Gasteiger partial charge < -0.3 is 14.6 Å². The molecule has 0 aliphatic carbocycles. The van der Waals surface area contributed by atoms with Gasteiger partial charge in [-0.2, -0.15) is 0 Å². The lowest BCUT2D eigenvalue weighted by atomic mass is 10.2. The fourth-order valence-corrected chi connectivity index (χ4v) is 1.32. The van der Waals surface area contributed by atoms with Crippen molar-refractivity contribution in [1.82, 2.24) is 4.98 Å². The number of aryl methyl sites for hydroxylation is 1. The molecule has 0 amide bonds. The monoisotopic (exact) mass is 265 g/mol. The Balaban J connectivity index is 3.24. The largest absolute Gasteiger partial charge is 0.573 e. The van der Waals surface area contributed by atoms with Gasteiger partial charge in [-0.05, 0) is 12.5 Å². The Morgan fingerprint density at radius 3 is 2.56 bits per heavy atom. The second kappa shape index (κ2) is 5.11. The van der Waals surface area contributed by atoms with E-state index >= 15 is 0 Å². The number of pyridine rings is 1. The van der Waals surface area contributed by atoms with Gasteiger partial charge in [0.2, 0.25) is 5.88 Å². The number of alkyl halides is 3. The highest BCUT2D eigenvalue weighted by atomic mass is 19.4. The summed E-state index contributed by atoms with van der Waals surface area (Å²) in [6.07, 6.45) is -5.60. The molecule has 0 saturated carbocycles. The van der Waals surface area contributed by atoms with Crippen molar-refractivity contribution in [1.29, 1.82) is 0 Å². The number of rotatable bonds is 4. The number of carboxylic acid groups (broad SMARTS) is 1. The minimum Gasteiger partial charge on any atom is -0.481 e. The minimum absolute atomic E-state index is 0.0262. The average molecular weight is 265 g/mol. The molecule has 1 heterocycles. The number of hydrogen-bond donors (Lipinski definition) is 1. The van der Waals surface area contributed by atoms with Crippen molar-refractivity contribution in [2.75, 3.05) is 7.11 Å². The first-order valence-electron chi connectivity index (χ1n) is 4.75. The minimum atomic E-state index is -4.91. The van der Waals surface area contributed by atoms with E-state index in [1.807, 2.05) is 0 Å². The van der Waals surface area contributed by atoms with E-state index < -0.39 is 24.5 Å². The van der Waals surface area contributed by atoms with Gasteiger partial charge in [0, 0.05) is 6.07 Å². The van der Waals surface area contributed by atoms with Crippen LogP contribution in [0.15, 0.2) is 6.07 Å². The maximum absolute atomic E-state index is 12.2. The van der Waals surface area contributed by atoms with Gasteiger partial charge in [-0.1, -0.05) is 0 Å². The van der Waals surface area contributed by atoms with Crippen molar-refractivity contribution in [3.05, 3.63) is 17.3 Å². The maximum atomic E-state index is 12.2. The number of aliphatic carboxylic acids is 1. The summed E-state index contributed by atoms with van der Waals surface area (Å²) < 4.78 is 45.1. The summed E-state index contributed by atoms with van der Waals surface area (Å²) >= 11 is 0. The standard InChI is InChI=1S/C10H10F3NO4/c1-5-3-7(17-2)14-6(4-8(15)16)9(5)18-10(11,12)13/h3H,4H2,1-2H3,(H,15,16). The summed E-state index contributed by atoms with van der Waals surface area (Å²) in [7, 11) is 1.27. The summed E-state index contributed by atoms with van der Waals surface area (Å²) in [5, 5.41) is 8.63. The molecular formula is C10H10F3NO4. The molecule has 18 heavy (non-hydrogen) atoms. The van der Waals surface area contributed by atoms with E-state index in [0.29, 0.717) is 0 Å². The Hall–Kier alpha value is -1.99. The first-order chi connectivity index (χ1) is 8.23. The summed E-state index contributed by atoms with van der Waals surface area (Å²) in [5.41, 5.74) is -0.243. The van der Waals surface area contributed by atoms with Crippen LogP contribution in [0.4, 0.5) is 13.2 Å². The molecule has 5 nitrogen and oxygen atoms in total. The summed E-state index contributed by atoms with van der Waals surface area (Å²) in [5.74, 6) is -1.90. The van der Waals surface area contributed by atoms with Crippen LogP contribution in [0.1, 0.15) is 11.3 Å². The van der Waals surface area contributed by atoms with Gasteiger partial charge in [-0.25, -0.2) is 4.98 Å². The van der Waals surface area contributed by atoms with Gasteiger partial charge in [-0.15, -0.1) is 13.2 Å². The van der Waals surface area contributed by atoms with Crippen molar-refractivity contribution in [2.24, 2.45) is 0 Å². The third kappa shape index (κ3) is 3.79. The molecule has 0 saturated heterocycles. The zero-order valence-corrected chi connectivity index (χ0v) is 9.54. The van der Waals surface area contributed by atoms with E-state index in [0.717, 1.165) is 0 Å². The second-order valence-corrected chi connectivity index (χ2v) is 3.38. The van der Waals surface area contributed by atoms with E-state index in [4.69, 9.17) is 9.84 Å². The fraction of sp³-hybridized carbons (Fsp3) is 0.400. The molecule has 1 rings (SSSR count). The van der Waals surface area contributed by atoms with Crippen molar-refractivity contribution in [3.63, 3.8) is 0 Å². The van der Waals surface area contributed by atoms with Crippen LogP contribution in [-0.4, -0.2) is 29.5 Å². The van der Waals surface area contributed by atoms with E-state index in [1.54, 1.807) is 0 Å². The lowest BCUT2D eigenvalue weighted by molar-refractivity contribution is -0.275. The number of aromatic nitrogens is 1. The Morgan fingerprint density at radius 1 is 1.50 bits per heavy atom. The number of carbonyl (C=O) groups is 1. The van der Waals surface area contributed by atoms with Gasteiger partial charge in [0.05, 0.1) is 19.2 Å². The molecule has 0 aliphatic rings. The Labute approximate surface area is 100 Å². The quantitative estimate of drug-likeness (QED) is 0.900. The third-order valence-corrected chi connectivity index (χ3v) is 1.95. The predicted octanol–water partition coefficient (Wildman–Crippen LogP) is 1.92. The van der Waals surface area contributed by atoms with E-state index in [9.17, 15) is 18.0 Å². The van der Waals surface area contributed by atoms with E-state index in [-0.39, 0.29) is 17.1 Å². The van der Waals surface area contributed by atoms with Gasteiger partial charge in [0.15, 0.2) is 5.75 Å². The summed E-state index contributed by atoms with van der Waals surface area (Å²) in [6.45, 7) is 1.34. The molecule has 0 radical (unpaired) electrons. The van der Waals surface area contributed by atoms with Gasteiger partial charge in [0.25, 0.3) is 0 Å². The maximum Gasteiger partial charge on any atom is 0.573 e. The molecule has 1 N–H and O–H groups in total.